The van der Waals surface area contributed by atoms with E-state index in [0.29, 0.717) is 5.69 Å². The van der Waals surface area contributed by atoms with Crippen LogP contribution in [0.2, 0.25) is 0 Å². The molecule has 0 aliphatic rings. The Morgan fingerprint density at radius 1 is 1.31 bits per heavy atom. The lowest BCUT2D eigenvalue weighted by atomic mass is 10.5. The second kappa shape index (κ2) is 2.78. The van der Waals surface area contributed by atoms with Crippen molar-refractivity contribution in [3.8, 4) is 5.69 Å². The second-order valence-corrected chi connectivity index (χ2v) is 2.46. The molecule has 2 aromatic rings. The number of furan rings is 1. The van der Waals surface area contributed by atoms with Crippen molar-refractivity contribution >= 4 is 0 Å². The van der Waals surface area contributed by atoms with Gasteiger partial charge < -0.3 is 4.42 Å². The molecule has 1 N–H and O–H groups in total. The maximum atomic E-state index is 11.2. The van der Waals surface area contributed by atoms with Crippen LogP contribution in [0.4, 0.5) is 0 Å². The van der Waals surface area contributed by atoms with E-state index in [0.717, 1.165) is 0 Å². The molecule has 5 heteroatoms. The van der Waals surface area contributed by atoms with Crippen molar-refractivity contribution in [3.63, 3.8) is 0 Å². The summed E-state index contributed by atoms with van der Waals surface area (Å²) in [6.07, 6.45) is 4.26. The molecule has 0 aliphatic carbocycles. The number of hydrogen-bond donors (Lipinski definition) is 1. The summed E-state index contributed by atoms with van der Waals surface area (Å²) in [6, 6.07) is 2.90. The summed E-state index contributed by atoms with van der Waals surface area (Å²) in [4.78, 5) is 24.1. The highest BCUT2D eigenvalue weighted by molar-refractivity contribution is 5.25. The van der Waals surface area contributed by atoms with Crippen molar-refractivity contribution in [1.82, 2.24) is 9.55 Å². The van der Waals surface area contributed by atoms with Gasteiger partial charge in [-0.05, 0) is 0 Å². The molecule has 2 aromatic heterocycles. The molecule has 0 saturated carbocycles. The number of hydrogen-bond acceptors (Lipinski definition) is 3. The van der Waals surface area contributed by atoms with Crippen LogP contribution in [0.15, 0.2) is 44.9 Å². The lowest BCUT2D eigenvalue weighted by Crippen LogP contribution is -2.27. The van der Waals surface area contributed by atoms with Crippen LogP contribution in [-0.4, -0.2) is 9.55 Å². The van der Waals surface area contributed by atoms with Gasteiger partial charge in [-0.3, -0.25) is 14.3 Å². The first kappa shape index (κ1) is 7.60. The normalized spacial score (nSPS) is 10.2. The maximum absolute atomic E-state index is 11.2. The van der Waals surface area contributed by atoms with Gasteiger partial charge in [0.15, 0.2) is 0 Å². The molecule has 2 heterocycles. The van der Waals surface area contributed by atoms with E-state index in [9.17, 15) is 9.59 Å². The quantitative estimate of drug-likeness (QED) is 0.674. The largest absolute Gasteiger partial charge is 0.470 e. The van der Waals surface area contributed by atoms with Gasteiger partial charge in [0, 0.05) is 18.3 Å². The fourth-order valence-electron chi connectivity index (χ4n) is 1.01. The average Bonchev–Trinajstić information content (AvgIpc) is 2.56. The van der Waals surface area contributed by atoms with E-state index in [2.05, 4.69) is 4.98 Å². The highest BCUT2D eigenvalue weighted by atomic mass is 16.3. The van der Waals surface area contributed by atoms with Crippen molar-refractivity contribution in [1.29, 1.82) is 0 Å². The Morgan fingerprint density at radius 3 is 2.77 bits per heavy atom. The lowest BCUT2D eigenvalue weighted by Gasteiger charge is -1.97. The zero-order valence-corrected chi connectivity index (χ0v) is 6.56. The van der Waals surface area contributed by atoms with Crippen molar-refractivity contribution < 1.29 is 4.42 Å². The third kappa shape index (κ3) is 1.31. The number of aromatic amines is 1. The van der Waals surface area contributed by atoms with E-state index >= 15 is 0 Å². The second-order valence-electron chi connectivity index (χ2n) is 2.46. The Balaban J connectivity index is 2.67. The average molecular weight is 178 g/mol. The fourth-order valence-corrected chi connectivity index (χ4v) is 1.01. The molecule has 13 heavy (non-hydrogen) atoms. The number of nitrogens with zero attached hydrogens (tertiary/aromatic N) is 1. The van der Waals surface area contributed by atoms with Gasteiger partial charge >= 0.3 is 5.69 Å². The number of nitrogens with one attached hydrogen (secondary N) is 1. The molecule has 0 fully saturated rings. The standard InChI is InChI=1S/C8H6N2O3/c11-7-1-3-10(8(12)9-7)6-2-4-13-5-6/h1-5H,(H,9,11,12). The summed E-state index contributed by atoms with van der Waals surface area (Å²) in [5.74, 6) is 0. The summed E-state index contributed by atoms with van der Waals surface area (Å²) in [5, 5.41) is 0. The summed E-state index contributed by atoms with van der Waals surface area (Å²) >= 11 is 0. The minimum absolute atomic E-state index is 0.412. The Hall–Kier alpha value is -2.04. The third-order valence-corrected chi connectivity index (χ3v) is 1.61. The molecule has 0 atom stereocenters. The fraction of sp³-hybridized carbons (Fsp3) is 0. The Morgan fingerprint density at radius 2 is 2.15 bits per heavy atom. The molecule has 0 amide bonds. The van der Waals surface area contributed by atoms with Crippen LogP contribution in [0.5, 0.6) is 0 Å². The van der Waals surface area contributed by atoms with Gasteiger partial charge in [0.2, 0.25) is 0 Å². The van der Waals surface area contributed by atoms with Crippen LogP contribution in [0, 0.1) is 0 Å². The van der Waals surface area contributed by atoms with Crippen LogP contribution in [0.1, 0.15) is 0 Å². The molecule has 0 bridgehead atoms. The Bertz CT molecular complexity index is 507. The molecule has 0 saturated heterocycles. The van der Waals surface area contributed by atoms with Crippen molar-refractivity contribution in [2.45, 2.75) is 0 Å². The molecular formula is C8H6N2O3. The Kier molecular flexibility index (Phi) is 1.63. The smallest absolute Gasteiger partial charge is 0.333 e. The SMILES string of the molecule is O=c1ccn(-c2ccoc2)c(=O)[nH]1. The minimum Gasteiger partial charge on any atom is -0.470 e. The van der Waals surface area contributed by atoms with E-state index in [1.807, 2.05) is 0 Å². The van der Waals surface area contributed by atoms with Crippen LogP contribution in [0.3, 0.4) is 0 Å². The van der Waals surface area contributed by atoms with Crippen molar-refractivity contribution in [2.24, 2.45) is 0 Å². The van der Waals surface area contributed by atoms with Crippen molar-refractivity contribution in [3.05, 3.63) is 51.7 Å². The van der Waals surface area contributed by atoms with Crippen molar-refractivity contribution in [2.75, 3.05) is 0 Å². The van der Waals surface area contributed by atoms with Gasteiger partial charge in [0.25, 0.3) is 5.56 Å². The maximum Gasteiger partial charge on any atom is 0.333 e. The highest BCUT2D eigenvalue weighted by Gasteiger charge is 1.99. The number of aromatic nitrogens is 2. The first-order chi connectivity index (χ1) is 6.27. The third-order valence-electron chi connectivity index (χ3n) is 1.61. The zero-order valence-electron chi connectivity index (χ0n) is 6.56. The van der Waals surface area contributed by atoms with E-state index in [4.69, 9.17) is 4.42 Å². The first-order valence-electron chi connectivity index (χ1n) is 3.62. The first-order valence-corrected chi connectivity index (χ1v) is 3.62. The molecule has 0 spiro atoms. The summed E-state index contributed by atoms with van der Waals surface area (Å²) in [6.45, 7) is 0. The van der Waals surface area contributed by atoms with Gasteiger partial charge in [0.05, 0.1) is 12.0 Å². The predicted molar refractivity (Wildman–Crippen MR) is 44.9 cm³/mol. The van der Waals surface area contributed by atoms with E-state index in [1.54, 1.807) is 6.07 Å². The number of H-pyrrole nitrogens is 1. The molecule has 2 rings (SSSR count). The molecule has 0 aliphatic heterocycles. The van der Waals surface area contributed by atoms with Crippen LogP contribution >= 0.6 is 0 Å². The summed E-state index contributed by atoms with van der Waals surface area (Å²) in [5.41, 5.74) is -0.306. The van der Waals surface area contributed by atoms with Crippen LogP contribution in [-0.2, 0) is 0 Å². The van der Waals surface area contributed by atoms with Gasteiger partial charge in [-0.15, -0.1) is 0 Å². The van der Waals surface area contributed by atoms with Gasteiger partial charge in [-0.2, -0.15) is 0 Å². The lowest BCUT2D eigenvalue weighted by molar-refractivity contribution is 0.565. The molecule has 0 unspecified atom stereocenters. The Labute approximate surface area is 72.3 Å². The van der Waals surface area contributed by atoms with E-state index < -0.39 is 11.2 Å². The van der Waals surface area contributed by atoms with Crippen LogP contribution < -0.4 is 11.2 Å². The summed E-state index contributed by atoms with van der Waals surface area (Å²) < 4.78 is 6.09. The summed E-state index contributed by atoms with van der Waals surface area (Å²) in [7, 11) is 0. The van der Waals surface area contributed by atoms with E-state index in [-0.39, 0.29) is 0 Å². The van der Waals surface area contributed by atoms with Gasteiger partial charge in [-0.25, -0.2) is 4.79 Å². The van der Waals surface area contributed by atoms with Gasteiger partial charge in [0.1, 0.15) is 6.26 Å². The monoisotopic (exact) mass is 178 g/mol. The van der Waals surface area contributed by atoms with Gasteiger partial charge in [-0.1, -0.05) is 0 Å². The molecule has 5 nitrogen and oxygen atoms in total. The van der Waals surface area contributed by atoms with E-state index in [1.165, 1.54) is 29.4 Å². The zero-order chi connectivity index (χ0) is 9.26. The number of rotatable bonds is 1. The molecule has 0 aromatic carbocycles. The molecule has 0 radical (unpaired) electrons. The molecule has 66 valence electrons. The highest BCUT2D eigenvalue weighted by Crippen LogP contribution is 2.02. The minimum atomic E-state index is -0.478. The topological polar surface area (TPSA) is 68.0 Å². The predicted octanol–water partition coefficient (Wildman–Crippen LogP) is 0.119. The van der Waals surface area contributed by atoms with Crippen LogP contribution in [0.25, 0.3) is 5.69 Å². The molecular weight excluding hydrogens is 172 g/mol.